The zero-order chi connectivity index (χ0) is 17.7. The summed E-state index contributed by atoms with van der Waals surface area (Å²) in [6.07, 6.45) is 0.994. The molecule has 3 rings (SSSR count). The number of rotatable bonds is 6. The van der Waals surface area contributed by atoms with E-state index in [0.29, 0.717) is 19.0 Å². The second-order valence-corrected chi connectivity index (χ2v) is 7.19. The number of aliphatic imine (C=N–C) groups is 1. The normalized spacial score (nSPS) is 18.3. The molecule has 3 N–H and O–H groups in total. The van der Waals surface area contributed by atoms with Crippen LogP contribution in [0.25, 0.3) is 0 Å². The Labute approximate surface area is 175 Å². The van der Waals surface area contributed by atoms with E-state index < -0.39 is 5.60 Å². The number of nitrogens with one attached hydrogen (secondary N) is 2. The lowest BCUT2D eigenvalue weighted by Gasteiger charge is -2.21. The zero-order valence-electron chi connectivity index (χ0n) is 15.1. The lowest BCUT2D eigenvalue weighted by Crippen LogP contribution is -2.43. The molecule has 0 radical (unpaired) electrons. The maximum absolute atomic E-state index is 10.6. The van der Waals surface area contributed by atoms with E-state index in [1.807, 2.05) is 41.9 Å². The molecular weight excluding hydrogens is 461 g/mol. The highest BCUT2D eigenvalue weighted by Crippen LogP contribution is 2.27. The minimum atomic E-state index is -0.970. The Balaban J connectivity index is 0.00000243. The third kappa shape index (κ3) is 5.34. The summed E-state index contributed by atoms with van der Waals surface area (Å²) in [5, 5.41) is 21.1. The minimum absolute atomic E-state index is 0. The van der Waals surface area contributed by atoms with E-state index in [1.54, 1.807) is 18.3 Å². The second-order valence-electron chi connectivity index (χ2n) is 6.41. The molecule has 26 heavy (non-hydrogen) atoms. The maximum Gasteiger partial charge on any atom is 0.191 e. The van der Waals surface area contributed by atoms with Gasteiger partial charge in [-0.15, -0.1) is 24.0 Å². The molecule has 1 aromatic carbocycles. The van der Waals surface area contributed by atoms with Crippen molar-refractivity contribution in [2.45, 2.75) is 32.0 Å². The van der Waals surface area contributed by atoms with Crippen LogP contribution in [0.3, 0.4) is 0 Å². The zero-order valence-corrected chi connectivity index (χ0v) is 18.2. The summed E-state index contributed by atoms with van der Waals surface area (Å²) in [5.74, 6) is 1.66. The Morgan fingerprint density at radius 2 is 2.15 bits per heavy atom. The number of ether oxygens (including phenoxy) is 1. The lowest BCUT2D eigenvalue weighted by molar-refractivity contribution is 0.0677. The van der Waals surface area contributed by atoms with Crippen molar-refractivity contribution >= 4 is 41.3 Å². The van der Waals surface area contributed by atoms with Crippen LogP contribution in [0.1, 0.15) is 25.0 Å². The smallest absolute Gasteiger partial charge is 0.191 e. The average molecular weight is 487 g/mol. The molecule has 0 fully saturated rings. The molecule has 7 heteroatoms. The standard InChI is InChI=1S/C19H25N3O2S.HI/c1-3-20-18(22-13-19(2,23)15-8-9-25-12-15)21-11-16-10-14-6-4-5-7-17(14)24-16;/h4-9,12,16,23H,3,10-11,13H2,1-2H3,(H2,20,21,22);1H. The number of aliphatic hydroxyl groups is 1. The first-order valence-corrected chi connectivity index (χ1v) is 9.54. The first kappa shape index (κ1) is 21.0. The van der Waals surface area contributed by atoms with Gasteiger partial charge in [0.15, 0.2) is 5.96 Å². The largest absolute Gasteiger partial charge is 0.488 e. The van der Waals surface area contributed by atoms with Gasteiger partial charge in [-0.1, -0.05) is 18.2 Å². The van der Waals surface area contributed by atoms with E-state index in [0.717, 1.165) is 24.3 Å². The van der Waals surface area contributed by atoms with Crippen molar-refractivity contribution in [3.63, 3.8) is 0 Å². The predicted molar refractivity (Wildman–Crippen MR) is 118 cm³/mol. The number of para-hydroxylation sites is 1. The fourth-order valence-electron chi connectivity index (χ4n) is 2.82. The molecule has 0 saturated heterocycles. The van der Waals surface area contributed by atoms with Crippen molar-refractivity contribution in [1.29, 1.82) is 0 Å². The fourth-order valence-corrected chi connectivity index (χ4v) is 3.60. The number of guanidine groups is 1. The van der Waals surface area contributed by atoms with Gasteiger partial charge in [0.1, 0.15) is 17.5 Å². The van der Waals surface area contributed by atoms with Gasteiger partial charge in [-0.2, -0.15) is 11.3 Å². The molecule has 1 aromatic heterocycles. The van der Waals surface area contributed by atoms with Crippen molar-refractivity contribution in [2.24, 2.45) is 4.99 Å². The van der Waals surface area contributed by atoms with Crippen LogP contribution < -0.4 is 15.4 Å². The summed E-state index contributed by atoms with van der Waals surface area (Å²) in [6.45, 7) is 5.54. The van der Waals surface area contributed by atoms with E-state index >= 15 is 0 Å². The number of hydrogen-bond acceptors (Lipinski definition) is 4. The molecular formula is C19H26IN3O2S. The van der Waals surface area contributed by atoms with Crippen molar-refractivity contribution < 1.29 is 9.84 Å². The average Bonchev–Trinajstić information content (AvgIpc) is 3.26. The van der Waals surface area contributed by atoms with E-state index in [4.69, 9.17) is 4.74 Å². The monoisotopic (exact) mass is 487 g/mol. The highest BCUT2D eigenvalue weighted by molar-refractivity contribution is 14.0. The summed E-state index contributed by atoms with van der Waals surface area (Å²) in [6, 6.07) is 10.1. The first-order chi connectivity index (χ1) is 12.1. The Hall–Kier alpha value is -1.32. The minimum Gasteiger partial charge on any atom is -0.488 e. The van der Waals surface area contributed by atoms with Crippen LogP contribution in [0.2, 0.25) is 0 Å². The van der Waals surface area contributed by atoms with Crippen LogP contribution in [-0.4, -0.2) is 36.8 Å². The molecule has 2 unspecified atom stereocenters. The maximum atomic E-state index is 10.6. The van der Waals surface area contributed by atoms with Crippen LogP contribution in [0.15, 0.2) is 46.1 Å². The number of fused-ring (bicyclic) bond motifs is 1. The van der Waals surface area contributed by atoms with E-state index in [9.17, 15) is 5.11 Å². The second kappa shape index (κ2) is 9.57. The van der Waals surface area contributed by atoms with Gasteiger partial charge in [-0.05, 0) is 47.9 Å². The molecule has 0 saturated carbocycles. The number of benzene rings is 1. The van der Waals surface area contributed by atoms with Crippen molar-refractivity contribution in [2.75, 3.05) is 19.6 Å². The third-order valence-electron chi connectivity index (χ3n) is 4.24. The molecule has 2 atom stereocenters. The molecule has 5 nitrogen and oxygen atoms in total. The third-order valence-corrected chi connectivity index (χ3v) is 4.93. The summed E-state index contributed by atoms with van der Waals surface area (Å²) < 4.78 is 5.95. The number of nitrogens with zero attached hydrogens (tertiary/aromatic N) is 1. The van der Waals surface area contributed by atoms with Crippen molar-refractivity contribution in [3.8, 4) is 5.75 Å². The molecule has 142 valence electrons. The van der Waals surface area contributed by atoms with Crippen molar-refractivity contribution in [1.82, 2.24) is 10.6 Å². The number of halogens is 1. The predicted octanol–water partition coefficient (Wildman–Crippen LogP) is 3.13. The van der Waals surface area contributed by atoms with Crippen molar-refractivity contribution in [3.05, 3.63) is 52.2 Å². The summed E-state index contributed by atoms with van der Waals surface area (Å²) >= 11 is 1.58. The quantitative estimate of drug-likeness (QED) is 0.333. The van der Waals surface area contributed by atoms with Gasteiger partial charge in [0.2, 0.25) is 0 Å². The summed E-state index contributed by atoms with van der Waals surface area (Å²) in [5.41, 5.74) is 1.17. The SMILES string of the molecule is CCNC(=NCC(C)(O)c1ccsc1)NCC1Cc2ccccc2O1.I. The van der Waals surface area contributed by atoms with Gasteiger partial charge in [0.25, 0.3) is 0 Å². The van der Waals surface area contributed by atoms with Gasteiger partial charge in [0.05, 0.1) is 13.1 Å². The molecule has 2 aromatic rings. The highest BCUT2D eigenvalue weighted by Gasteiger charge is 2.24. The molecule has 0 spiro atoms. The summed E-state index contributed by atoms with van der Waals surface area (Å²) in [7, 11) is 0. The Morgan fingerprint density at radius 3 is 2.85 bits per heavy atom. The molecule has 0 bridgehead atoms. The van der Waals surface area contributed by atoms with E-state index in [1.165, 1.54) is 5.56 Å². The molecule has 0 amide bonds. The lowest BCUT2D eigenvalue weighted by atomic mass is 10.00. The van der Waals surface area contributed by atoms with Crippen LogP contribution >= 0.6 is 35.3 Å². The van der Waals surface area contributed by atoms with Gasteiger partial charge in [-0.25, -0.2) is 4.99 Å². The topological polar surface area (TPSA) is 65.9 Å². The van der Waals surface area contributed by atoms with Gasteiger partial charge < -0.3 is 20.5 Å². The van der Waals surface area contributed by atoms with Gasteiger partial charge >= 0.3 is 0 Å². The molecule has 0 aliphatic carbocycles. The highest BCUT2D eigenvalue weighted by atomic mass is 127. The molecule has 1 aliphatic heterocycles. The fraction of sp³-hybridized carbons (Fsp3) is 0.421. The summed E-state index contributed by atoms with van der Waals surface area (Å²) in [4.78, 5) is 4.54. The number of hydrogen-bond donors (Lipinski definition) is 3. The van der Waals surface area contributed by atoms with Crippen LogP contribution in [0, 0.1) is 0 Å². The molecule has 2 heterocycles. The number of thiophene rings is 1. The Kier molecular flexibility index (Phi) is 7.72. The van der Waals surface area contributed by atoms with Crippen LogP contribution in [0.4, 0.5) is 0 Å². The van der Waals surface area contributed by atoms with Gasteiger partial charge in [0, 0.05) is 13.0 Å². The van der Waals surface area contributed by atoms with E-state index in [-0.39, 0.29) is 30.1 Å². The van der Waals surface area contributed by atoms with Gasteiger partial charge in [-0.3, -0.25) is 0 Å². The Morgan fingerprint density at radius 1 is 1.35 bits per heavy atom. The van der Waals surface area contributed by atoms with Crippen LogP contribution in [-0.2, 0) is 12.0 Å². The van der Waals surface area contributed by atoms with Crippen LogP contribution in [0.5, 0.6) is 5.75 Å². The van der Waals surface area contributed by atoms with E-state index in [2.05, 4.69) is 21.7 Å². The first-order valence-electron chi connectivity index (χ1n) is 8.60. The molecule has 1 aliphatic rings. The Bertz CT molecular complexity index is 694.